The van der Waals surface area contributed by atoms with Crippen LogP contribution >= 0.6 is 11.8 Å². The predicted octanol–water partition coefficient (Wildman–Crippen LogP) is 2.55. The molecule has 0 aliphatic rings. The molecule has 0 fully saturated rings. The van der Waals surface area contributed by atoms with Crippen LogP contribution in [0.2, 0.25) is 0 Å². The number of nitriles is 1. The van der Waals surface area contributed by atoms with E-state index in [0.717, 1.165) is 10.5 Å². The van der Waals surface area contributed by atoms with Crippen molar-refractivity contribution in [1.82, 2.24) is 9.88 Å². The number of nitrogens with zero attached hydrogens (tertiary/aromatic N) is 2. The van der Waals surface area contributed by atoms with E-state index in [1.807, 2.05) is 30.5 Å². The first-order valence-corrected chi connectivity index (χ1v) is 8.21. The van der Waals surface area contributed by atoms with Crippen molar-refractivity contribution in [2.24, 2.45) is 0 Å². The molecule has 1 heterocycles. The Kier molecular flexibility index (Phi) is 5.24. The number of thioether (sulfide) groups is 1. The average Bonchev–Trinajstić information content (AvgIpc) is 2.54. The van der Waals surface area contributed by atoms with E-state index in [-0.39, 0.29) is 11.5 Å². The number of carbonyl (C=O) groups is 1. The van der Waals surface area contributed by atoms with Crippen LogP contribution in [0.5, 0.6) is 0 Å². The minimum Gasteiger partial charge on any atom is -0.337 e. The van der Waals surface area contributed by atoms with Gasteiger partial charge in [0.1, 0.15) is 11.6 Å². The molecule has 0 spiro atoms. The van der Waals surface area contributed by atoms with Crippen molar-refractivity contribution in [2.45, 2.75) is 18.4 Å². The zero-order valence-corrected chi connectivity index (χ0v) is 14.0. The molecule has 5 nitrogen and oxygen atoms in total. The molecule has 1 aromatic heterocycles. The highest BCUT2D eigenvalue weighted by Gasteiger charge is 2.17. The summed E-state index contributed by atoms with van der Waals surface area (Å²) < 4.78 is 0. The highest BCUT2D eigenvalue weighted by Crippen LogP contribution is 2.17. The van der Waals surface area contributed by atoms with Gasteiger partial charge in [-0.2, -0.15) is 5.26 Å². The Morgan fingerprint density at radius 3 is 2.78 bits per heavy atom. The number of rotatable bonds is 4. The topological polar surface area (TPSA) is 77.0 Å². The normalized spacial score (nSPS) is 10.2. The molecule has 0 atom stereocenters. The Hall–Kier alpha value is -2.52. The molecular formula is C17H17N3O2S. The molecule has 0 aliphatic heterocycles. The average molecular weight is 327 g/mol. The number of pyridine rings is 1. The summed E-state index contributed by atoms with van der Waals surface area (Å²) >= 11 is 1.64. The molecule has 0 bridgehead atoms. The van der Waals surface area contributed by atoms with Crippen LogP contribution in [0.4, 0.5) is 0 Å². The number of amides is 1. The number of aromatic nitrogens is 1. The van der Waals surface area contributed by atoms with Crippen LogP contribution in [-0.4, -0.2) is 29.1 Å². The van der Waals surface area contributed by atoms with Crippen molar-refractivity contribution < 1.29 is 4.79 Å². The van der Waals surface area contributed by atoms with Gasteiger partial charge in [-0.05, 0) is 36.9 Å². The number of carbonyl (C=O) groups excluding carboxylic acids is 1. The standard InChI is InChI=1S/C17H17N3O2S/c1-11-15(8-13(9-18)16(21)19-11)17(22)20(2)10-12-5-4-6-14(7-12)23-3/h4-8H,10H2,1-3H3,(H,19,21). The lowest BCUT2D eigenvalue weighted by Crippen LogP contribution is -2.28. The van der Waals surface area contributed by atoms with E-state index in [2.05, 4.69) is 4.98 Å². The second kappa shape index (κ2) is 7.16. The van der Waals surface area contributed by atoms with Gasteiger partial charge in [-0.15, -0.1) is 11.8 Å². The highest BCUT2D eigenvalue weighted by atomic mass is 32.2. The maximum atomic E-state index is 12.6. The van der Waals surface area contributed by atoms with Gasteiger partial charge < -0.3 is 9.88 Å². The van der Waals surface area contributed by atoms with Crippen molar-refractivity contribution in [3.63, 3.8) is 0 Å². The van der Waals surface area contributed by atoms with Crippen LogP contribution in [0.3, 0.4) is 0 Å². The largest absolute Gasteiger partial charge is 0.337 e. The molecule has 1 aromatic carbocycles. The number of benzene rings is 1. The van der Waals surface area contributed by atoms with Crippen LogP contribution in [0, 0.1) is 18.3 Å². The molecule has 0 radical (unpaired) electrons. The molecule has 2 aromatic rings. The Balaban J connectivity index is 2.26. The monoisotopic (exact) mass is 327 g/mol. The van der Waals surface area contributed by atoms with Gasteiger partial charge in [0.25, 0.3) is 11.5 Å². The first-order chi connectivity index (χ1) is 11.0. The second-order valence-corrected chi connectivity index (χ2v) is 6.06. The molecule has 6 heteroatoms. The lowest BCUT2D eigenvalue weighted by molar-refractivity contribution is 0.0783. The molecule has 118 valence electrons. The molecule has 0 saturated heterocycles. The summed E-state index contributed by atoms with van der Waals surface area (Å²) in [6.45, 7) is 2.10. The Bertz CT molecular complexity index is 836. The van der Waals surface area contributed by atoms with Crippen LogP contribution in [-0.2, 0) is 6.54 Å². The van der Waals surface area contributed by atoms with Crippen molar-refractivity contribution in [3.8, 4) is 6.07 Å². The summed E-state index contributed by atoms with van der Waals surface area (Å²) in [6.07, 6.45) is 2.00. The van der Waals surface area contributed by atoms with Crippen LogP contribution < -0.4 is 5.56 Å². The lowest BCUT2D eigenvalue weighted by Gasteiger charge is -2.18. The summed E-state index contributed by atoms with van der Waals surface area (Å²) in [5, 5.41) is 8.95. The van der Waals surface area contributed by atoms with Gasteiger partial charge in [-0.25, -0.2) is 0 Å². The first kappa shape index (κ1) is 16.8. The van der Waals surface area contributed by atoms with Gasteiger partial charge in [0.15, 0.2) is 0 Å². The summed E-state index contributed by atoms with van der Waals surface area (Å²) in [4.78, 5) is 29.4. The van der Waals surface area contributed by atoms with Crippen molar-refractivity contribution in [1.29, 1.82) is 5.26 Å². The number of aryl methyl sites for hydroxylation is 1. The molecule has 0 aliphatic carbocycles. The minimum atomic E-state index is -0.475. The number of H-pyrrole nitrogens is 1. The molecule has 1 N–H and O–H groups in total. The van der Waals surface area contributed by atoms with E-state index >= 15 is 0 Å². The fourth-order valence-corrected chi connectivity index (χ4v) is 2.73. The number of hydrogen-bond acceptors (Lipinski definition) is 4. The van der Waals surface area contributed by atoms with Gasteiger partial charge >= 0.3 is 0 Å². The maximum Gasteiger partial charge on any atom is 0.266 e. The first-order valence-electron chi connectivity index (χ1n) is 6.98. The quantitative estimate of drug-likeness (QED) is 0.876. The van der Waals surface area contributed by atoms with Crippen LogP contribution in [0.25, 0.3) is 0 Å². The summed E-state index contributed by atoms with van der Waals surface area (Å²) in [5.74, 6) is -0.232. The Labute approximate surface area is 138 Å². The maximum absolute atomic E-state index is 12.6. The highest BCUT2D eigenvalue weighted by molar-refractivity contribution is 7.98. The Morgan fingerprint density at radius 1 is 1.39 bits per heavy atom. The van der Waals surface area contributed by atoms with Crippen LogP contribution in [0.15, 0.2) is 40.0 Å². The molecular weight excluding hydrogens is 310 g/mol. The summed E-state index contributed by atoms with van der Waals surface area (Å²) in [6, 6.07) is 11.1. The molecule has 0 saturated carbocycles. The van der Waals surface area contributed by atoms with Gasteiger partial charge in [0, 0.05) is 24.2 Å². The van der Waals surface area contributed by atoms with Gasteiger partial charge in [0.05, 0.1) is 5.56 Å². The van der Waals surface area contributed by atoms with Crippen molar-refractivity contribution in [2.75, 3.05) is 13.3 Å². The smallest absolute Gasteiger partial charge is 0.266 e. The summed E-state index contributed by atoms with van der Waals surface area (Å²) in [7, 11) is 1.70. The van der Waals surface area contributed by atoms with E-state index in [9.17, 15) is 9.59 Å². The number of nitrogens with one attached hydrogen (secondary N) is 1. The number of aromatic amines is 1. The second-order valence-electron chi connectivity index (χ2n) is 5.18. The van der Waals surface area contributed by atoms with Crippen LogP contribution in [0.1, 0.15) is 27.2 Å². The zero-order chi connectivity index (χ0) is 17.0. The van der Waals surface area contributed by atoms with E-state index in [1.54, 1.807) is 36.7 Å². The lowest BCUT2D eigenvalue weighted by atomic mass is 10.1. The van der Waals surface area contributed by atoms with E-state index < -0.39 is 5.56 Å². The van der Waals surface area contributed by atoms with E-state index in [0.29, 0.717) is 17.8 Å². The SMILES string of the molecule is CSc1cccc(CN(C)C(=O)c2cc(C#N)c(=O)[nH]c2C)c1. The van der Waals surface area contributed by atoms with E-state index in [4.69, 9.17) is 5.26 Å². The van der Waals surface area contributed by atoms with Crippen molar-refractivity contribution >= 4 is 17.7 Å². The summed E-state index contributed by atoms with van der Waals surface area (Å²) in [5.41, 5.74) is 1.29. The van der Waals surface area contributed by atoms with Gasteiger partial charge in [-0.1, -0.05) is 12.1 Å². The third-order valence-corrected chi connectivity index (χ3v) is 4.22. The fraction of sp³-hybridized carbons (Fsp3) is 0.235. The molecule has 0 unspecified atom stereocenters. The Morgan fingerprint density at radius 2 is 2.13 bits per heavy atom. The van der Waals surface area contributed by atoms with Crippen molar-refractivity contribution in [3.05, 3.63) is 63.1 Å². The molecule has 23 heavy (non-hydrogen) atoms. The van der Waals surface area contributed by atoms with Gasteiger partial charge in [0.2, 0.25) is 0 Å². The molecule has 2 rings (SSSR count). The molecule has 1 amide bonds. The third kappa shape index (κ3) is 3.82. The third-order valence-electron chi connectivity index (χ3n) is 3.49. The fourth-order valence-electron chi connectivity index (χ4n) is 2.25. The zero-order valence-electron chi connectivity index (χ0n) is 13.2. The minimum absolute atomic E-state index is 0.0586. The number of hydrogen-bond donors (Lipinski definition) is 1. The predicted molar refractivity (Wildman–Crippen MR) is 90.5 cm³/mol. The van der Waals surface area contributed by atoms with E-state index in [1.165, 1.54) is 6.07 Å². The van der Waals surface area contributed by atoms with Gasteiger partial charge in [-0.3, -0.25) is 9.59 Å².